The minimum atomic E-state index is -1.22. The number of rotatable bonds is 9. The molecule has 1 aliphatic rings. The summed E-state index contributed by atoms with van der Waals surface area (Å²) in [5.41, 5.74) is 3.13. The number of carbonyl (C=O) groups excluding carboxylic acids is 3. The average molecular weight is 565 g/mol. The third-order valence-electron chi connectivity index (χ3n) is 6.32. The Morgan fingerprint density at radius 2 is 1.85 bits per heavy atom. The summed E-state index contributed by atoms with van der Waals surface area (Å²) in [6, 6.07) is 17.2. The van der Waals surface area contributed by atoms with Crippen molar-refractivity contribution in [3.8, 4) is 0 Å². The van der Waals surface area contributed by atoms with Crippen LogP contribution in [0.2, 0.25) is 0 Å². The Morgan fingerprint density at radius 3 is 2.56 bits per heavy atom. The second-order valence-corrected chi connectivity index (χ2v) is 11.5. The average Bonchev–Trinajstić information content (AvgIpc) is 3.29. The molecule has 0 spiro atoms. The van der Waals surface area contributed by atoms with Gasteiger partial charge in [0, 0.05) is 27.6 Å². The van der Waals surface area contributed by atoms with E-state index in [1.165, 1.54) is 35.8 Å². The van der Waals surface area contributed by atoms with Crippen LogP contribution in [0.15, 0.2) is 71.6 Å². The molecule has 2 unspecified atom stereocenters. The molecule has 39 heavy (non-hydrogen) atoms. The summed E-state index contributed by atoms with van der Waals surface area (Å²) in [5.74, 6) is -2.15. The number of carbonyl (C=O) groups is 4. The number of fused-ring (bicyclic) bond motifs is 1. The van der Waals surface area contributed by atoms with E-state index in [0.29, 0.717) is 22.2 Å². The number of thiophene rings is 1. The topological polar surface area (TPSA) is 122 Å². The van der Waals surface area contributed by atoms with Crippen LogP contribution in [0, 0.1) is 0 Å². The summed E-state index contributed by atoms with van der Waals surface area (Å²) >= 11 is 2.73. The van der Waals surface area contributed by atoms with Crippen molar-refractivity contribution < 1.29 is 29.0 Å². The third kappa shape index (κ3) is 7.15. The number of ether oxygens (including phenoxy) is 1. The number of anilines is 2. The lowest BCUT2D eigenvalue weighted by Crippen LogP contribution is -2.23. The molecule has 0 aliphatic heterocycles. The summed E-state index contributed by atoms with van der Waals surface area (Å²) in [4.78, 5) is 50.2. The Balaban J connectivity index is 1.46. The van der Waals surface area contributed by atoms with Crippen molar-refractivity contribution in [2.45, 2.75) is 42.2 Å². The Kier molecular flexibility index (Phi) is 9.21. The highest BCUT2D eigenvalue weighted by Gasteiger charge is 2.31. The van der Waals surface area contributed by atoms with Gasteiger partial charge in [-0.2, -0.15) is 0 Å². The number of thioether (sulfide) groups is 1. The van der Waals surface area contributed by atoms with E-state index in [2.05, 4.69) is 22.8 Å². The number of hydrogen-bond donors (Lipinski definition) is 3. The highest BCUT2D eigenvalue weighted by atomic mass is 32.2. The quantitative estimate of drug-likeness (QED) is 0.178. The van der Waals surface area contributed by atoms with Crippen LogP contribution in [-0.2, 0) is 32.0 Å². The highest BCUT2D eigenvalue weighted by Crippen LogP contribution is 2.43. The summed E-state index contributed by atoms with van der Waals surface area (Å²) in [6.07, 6.45) is 4.13. The third-order valence-corrected chi connectivity index (χ3v) is 8.59. The van der Waals surface area contributed by atoms with E-state index in [4.69, 9.17) is 9.84 Å². The summed E-state index contributed by atoms with van der Waals surface area (Å²) in [5, 5.41) is 14.2. The fourth-order valence-corrected chi connectivity index (χ4v) is 6.70. The van der Waals surface area contributed by atoms with E-state index in [0.717, 1.165) is 46.8 Å². The maximum Gasteiger partial charge on any atom is 0.341 e. The minimum absolute atomic E-state index is 0.262. The van der Waals surface area contributed by atoms with Crippen LogP contribution in [0.4, 0.5) is 10.7 Å². The van der Waals surface area contributed by atoms with E-state index in [1.807, 2.05) is 24.3 Å². The molecule has 10 heteroatoms. The van der Waals surface area contributed by atoms with Crippen LogP contribution in [0.1, 0.15) is 45.6 Å². The van der Waals surface area contributed by atoms with E-state index < -0.39 is 23.1 Å². The molecule has 2 atom stereocenters. The monoisotopic (exact) mass is 564 g/mol. The van der Waals surface area contributed by atoms with Gasteiger partial charge in [0.25, 0.3) is 0 Å². The largest absolute Gasteiger partial charge is 0.478 e. The zero-order valence-corrected chi connectivity index (χ0v) is 23.1. The molecule has 1 aromatic heterocycles. The molecule has 1 aliphatic carbocycles. The second kappa shape index (κ2) is 12.8. The predicted molar refractivity (Wildman–Crippen MR) is 153 cm³/mol. The van der Waals surface area contributed by atoms with Gasteiger partial charge in [-0.3, -0.25) is 9.59 Å². The Labute approximate surface area is 234 Å². The molecule has 4 rings (SSSR count). The Morgan fingerprint density at radius 1 is 1.08 bits per heavy atom. The predicted octanol–water partition coefficient (Wildman–Crippen LogP) is 5.51. The highest BCUT2D eigenvalue weighted by molar-refractivity contribution is 8.00. The first-order valence-electron chi connectivity index (χ1n) is 12.3. The van der Waals surface area contributed by atoms with Crippen molar-refractivity contribution in [2.75, 3.05) is 17.7 Å². The number of carboxylic acids is 1. The first kappa shape index (κ1) is 28.1. The summed E-state index contributed by atoms with van der Waals surface area (Å²) < 4.78 is 5.07. The van der Waals surface area contributed by atoms with Crippen molar-refractivity contribution >= 4 is 57.5 Å². The van der Waals surface area contributed by atoms with Crippen LogP contribution < -0.4 is 10.6 Å². The number of hydrogen-bond acceptors (Lipinski definition) is 7. The molecule has 2 amide bonds. The molecule has 0 saturated carbocycles. The molecule has 3 aromatic rings. The first-order chi connectivity index (χ1) is 18.7. The van der Waals surface area contributed by atoms with E-state index in [-0.39, 0.29) is 5.91 Å². The molecule has 3 N–H and O–H groups in total. The van der Waals surface area contributed by atoms with Crippen molar-refractivity contribution in [1.29, 1.82) is 0 Å². The van der Waals surface area contributed by atoms with Gasteiger partial charge in [-0.15, -0.1) is 23.1 Å². The first-order valence-corrected chi connectivity index (χ1v) is 14.0. The van der Waals surface area contributed by atoms with Crippen molar-refractivity contribution in [1.82, 2.24) is 0 Å². The fraction of sp³-hybridized carbons (Fsp3) is 0.241. The standard InChI is InChI=1S/C29H28N2O6S2/c1-17(38-21-10-6-9-20(16-21)30-24(32)13-14-25(33)34)27(35)31-28-26(29(36)37-2)22-12-11-19(15-23(22)39-28)18-7-4-3-5-8-18/h3-10,13-14,16-17,19H,11-12,15H2,1-2H3,(H,30,32)(H,31,35)(H,33,34)/b14-13+. The molecule has 2 aromatic carbocycles. The number of amides is 2. The Bertz CT molecular complexity index is 1420. The maximum absolute atomic E-state index is 13.2. The normalized spacial score (nSPS) is 15.3. The van der Waals surface area contributed by atoms with Gasteiger partial charge in [0.05, 0.1) is 17.9 Å². The number of nitrogens with one attached hydrogen (secondary N) is 2. The van der Waals surface area contributed by atoms with E-state index >= 15 is 0 Å². The summed E-state index contributed by atoms with van der Waals surface area (Å²) in [7, 11) is 1.34. The van der Waals surface area contributed by atoms with Crippen molar-refractivity contribution in [2.24, 2.45) is 0 Å². The van der Waals surface area contributed by atoms with Crippen molar-refractivity contribution in [3.63, 3.8) is 0 Å². The molecule has 8 nitrogen and oxygen atoms in total. The molecule has 202 valence electrons. The molecule has 0 fully saturated rings. The van der Waals surface area contributed by atoms with Gasteiger partial charge >= 0.3 is 11.9 Å². The SMILES string of the molecule is COC(=O)c1c(NC(=O)C(C)Sc2cccc(NC(=O)/C=C/C(=O)O)c2)sc2c1CCC(c1ccccc1)C2. The maximum atomic E-state index is 13.2. The molecule has 0 radical (unpaired) electrons. The second-order valence-electron chi connectivity index (χ2n) is 8.99. The van der Waals surface area contributed by atoms with Gasteiger partial charge < -0.3 is 20.5 Å². The Hall–Kier alpha value is -3.89. The van der Waals surface area contributed by atoms with Crippen molar-refractivity contribution in [3.05, 3.63) is 88.3 Å². The van der Waals surface area contributed by atoms with Crippen LogP contribution >= 0.6 is 23.1 Å². The van der Waals surface area contributed by atoms with E-state index in [9.17, 15) is 19.2 Å². The van der Waals surface area contributed by atoms with Gasteiger partial charge in [0.15, 0.2) is 0 Å². The van der Waals surface area contributed by atoms with Crippen LogP contribution in [0.5, 0.6) is 0 Å². The number of carboxylic acid groups (broad SMARTS) is 1. The number of benzene rings is 2. The van der Waals surface area contributed by atoms with Crippen LogP contribution in [0.3, 0.4) is 0 Å². The molecule has 0 saturated heterocycles. The van der Waals surface area contributed by atoms with Gasteiger partial charge in [-0.25, -0.2) is 9.59 Å². The number of methoxy groups -OCH3 is 1. The molecule has 1 heterocycles. The smallest absolute Gasteiger partial charge is 0.341 e. The molecular formula is C29H28N2O6S2. The lowest BCUT2D eigenvalue weighted by Gasteiger charge is -2.22. The number of esters is 1. The summed E-state index contributed by atoms with van der Waals surface area (Å²) in [6.45, 7) is 1.76. The van der Waals surface area contributed by atoms with Crippen LogP contribution in [0.25, 0.3) is 0 Å². The van der Waals surface area contributed by atoms with Gasteiger partial charge in [-0.1, -0.05) is 36.4 Å². The van der Waals surface area contributed by atoms with Gasteiger partial charge in [0.1, 0.15) is 5.00 Å². The molecule has 0 bridgehead atoms. The fourth-order valence-electron chi connectivity index (χ4n) is 4.45. The lowest BCUT2D eigenvalue weighted by atomic mass is 9.83. The van der Waals surface area contributed by atoms with Gasteiger partial charge in [-0.05, 0) is 61.4 Å². The van der Waals surface area contributed by atoms with Gasteiger partial charge in [0.2, 0.25) is 11.8 Å². The van der Waals surface area contributed by atoms with E-state index in [1.54, 1.807) is 25.1 Å². The lowest BCUT2D eigenvalue weighted by molar-refractivity contribution is -0.131. The minimum Gasteiger partial charge on any atom is -0.478 e. The molecular weight excluding hydrogens is 536 g/mol. The van der Waals surface area contributed by atoms with Crippen LogP contribution in [-0.4, -0.2) is 41.2 Å². The zero-order chi connectivity index (χ0) is 27.9. The zero-order valence-electron chi connectivity index (χ0n) is 21.4. The number of aliphatic carboxylic acids is 1.